The predicted molar refractivity (Wildman–Crippen MR) is 115 cm³/mol. The Morgan fingerprint density at radius 3 is 2.81 bits per heavy atom. The molecule has 2 fully saturated rings. The first-order chi connectivity index (χ1) is 12.0. The van der Waals surface area contributed by atoms with Gasteiger partial charge in [0.1, 0.15) is 4.21 Å². The first kappa shape index (κ1) is 22.2. The fourth-order valence-electron chi connectivity index (χ4n) is 3.15. The molecule has 26 heavy (non-hydrogen) atoms. The van der Waals surface area contributed by atoms with E-state index >= 15 is 0 Å². The van der Waals surface area contributed by atoms with Crippen LogP contribution in [0.3, 0.4) is 0 Å². The molecule has 0 spiro atoms. The van der Waals surface area contributed by atoms with Gasteiger partial charge in [-0.05, 0) is 38.3 Å². The van der Waals surface area contributed by atoms with Gasteiger partial charge in [-0.15, -0.1) is 35.3 Å². The summed E-state index contributed by atoms with van der Waals surface area (Å²) in [6.45, 7) is 3.31. The molecule has 3 heterocycles. The predicted octanol–water partition coefficient (Wildman–Crippen LogP) is 2.17. The molecule has 7 nitrogen and oxygen atoms in total. The Bertz CT molecular complexity index is 728. The average molecular weight is 535 g/mol. The second-order valence-corrected chi connectivity index (χ2v) is 9.79. The maximum Gasteiger partial charge on any atom is 0.250 e. The third kappa shape index (κ3) is 5.68. The highest BCUT2D eigenvalue weighted by atomic mass is 127. The summed E-state index contributed by atoms with van der Waals surface area (Å²) in [5.41, 5.74) is 0. The van der Waals surface area contributed by atoms with Crippen molar-refractivity contribution < 1.29 is 13.2 Å². The highest BCUT2D eigenvalue weighted by Crippen LogP contribution is 2.34. The van der Waals surface area contributed by atoms with E-state index in [4.69, 9.17) is 16.3 Å². The van der Waals surface area contributed by atoms with E-state index in [-0.39, 0.29) is 46.9 Å². The first-order valence-electron chi connectivity index (χ1n) is 8.43. The lowest BCUT2D eigenvalue weighted by molar-refractivity contribution is 0.0992. The Morgan fingerprint density at radius 1 is 1.42 bits per heavy atom. The van der Waals surface area contributed by atoms with Crippen LogP contribution in [0.25, 0.3) is 0 Å². The van der Waals surface area contributed by atoms with E-state index in [0.717, 1.165) is 37.1 Å². The summed E-state index contributed by atoms with van der Waals surface area (Å²) >= 11 is 6.83. The number of ether oxygens (including phenoxy) is 1. The lowest BCUT2D eigenvalue weighted by Crippen LogP contribution is -2.47. The van der Waals surface area contributed by atoms with Gasteiger partial charge >= 0.3 is 0 Å². The molecule has 148 valence electrons. The lowest BCUT2D eigenvalue weighted by atomic mass is 9.96. The molecule has 2 saturated heterocycles. The third-order valence-corrected chi connectivity index (χ3v) is 7.44. The van der Waals surface area contributed by atoms with Crippen molar-refractivity contribution in [3.63, 3.8) is 0 Å². The summed E-state index contributed by atoms with van der Waals surface area (Å²) < 4.78 is 33.3. The van der Waals surface area contributed by atoms with Crippen molar-refractivity contribution in [1.29, 1.82) is 0 Å². The van der Waals surface area contributed by atoms with E-state index in [1.807, 2.05) is 6.92 Å². The molecule has 2 aliphatic heterocycles. The van der Waals surface area contributed by atoms with Gasteiger partial charge in [-0.2, -0.15) is 0 Å². The van der Waals surface area contributed by atoms with Crippen LogP contribution in [-0.4, -0.2) is 52.3 Å². The van der Waals surface area contributed by atoms with Crippen molar-refractivity contribution in [3.8, 4) is 0 Å². The van der Waals surface area contributed by atoms with Crippen LogP contribution in [-0.2, 0) is 14.8 Å². The maximum absolute atomic E-state index is 12.1. The molecule has 3 unspecified atom stereocenters. The van der Waals surface area contributed by atoms with Gasteiger partial charge in [-0.25, -0.2) is 13.1 Å². The number of nitrogens with one attached hydrogen (secondary N) is 3. The summed E-state index contributed by atoms with van der Waals surface area (Å²) in [5, 5.41) is 6.59. The molecule has 0 aliphatic carbocycles. The number of guanidine groups is 1. The average Bonchev–Trinajstić information content (AvgIpc) is 3.28. The van der Waals surface area contributed by atoms with E-state index in [1.54, 1.807) is 6.07 Å². The molecule has 0 amide bonds. The fraction of sp³-hybridized carbons (Fsp3) is 0.667. The molecule has 2 aliphatic rings. The molecule has 3 atom stereocenters. The minimum atomic E-state index is -3.52. The number of aliphatic imine (C=N–C) groups is 1. The normalized spacial score (nSPS) is 25.2. The maximum atomic E-state index is 12.1. The van der Waals surface area contributed by atoms with Crippen LogP contribution in [0.1, 0.15) is 26.2 Å². The first-order valence-corrected chi connectivity index (χ1v) is 11.1. The van der Waals surface area contributed by atoms with Gasteiger partial charge in [0.2, 0.25) is 10.0 Å². The molecule has 1 aromatic heterocycles. The van der Waals surface area contributed by atoms with Crippen LogP contribution in [0, 0.1) is 0 Å². The van der Waals surface area contributed by atoms with Crippen molar-refractivity contribution in [3.05, 3.63) is 16.5 Å². The number of nitrogens with zero attached hydrogens (tertiary/aromatic N) is 1. The van der Waals surface area contributed by atoms with Gasteiger partial charge in [0.25, 0.3) is 0 Å². The summed E-state index contributed by atoms with van der Waals surface area (Å²) in [7, 11) is -3.52. The van der Waals surface area contributed by atoms with Crippen molar-refractivity contribution in [2.24, 2.45) is 4.99 Å². The van der Waals surface area contributed by atoms with Crippen LogP contribution >= 0.6 is 46.9 Å². The van der Waals surface area contributed by atoms with Crippen LogP contribution in [0.4, 0.5) is 0 Å². The number of thiophene rings is 1. The SMILES string of the molecule is CCNC(=NCCNS(=O)(=O)c1ccc(Cl)s1)NC1CC2CCC1O2.I. The van der Waals surface area contributed by atoms with Gasteiger partial charge < -0.3 is 15.4 Å². The molecule has 1 aromatic rings. The molecule has 0 radical (unpaired) electrons. The number of hydrogen-bond donors (Lipinski definition) is 3. The summed E-state index contributed by atoms with van der Waals surface area (Å²) in [5.74, 6) is 0.696. The second-order valence-electron chi connectivity index (χ2n) is 6.08. The van der Waals surface area contributed by atoms with Gasteiger partial charge in [-0.1, -0.05) is 11.6 Å². The van der Waals surface area contributed by atoms with Gasteiger partial charge in [0.15, 0.2) is 5.96 Å². The molecular weight excluding hydrogens is 511 g/mol. The number of fused-ring (bicyclic) bond motifs is 2. The largest absolute Gasteiger partial charge is 0.373 e. The lowest BCUT2D eigenvalue weighted by Gasteiger charge is -2.22. The van der Waals surface area contributed by atoms with Crippen molar-refractivity contribution in [1.82, 2.24) is 15.4 Å². The minimum Gasteiger partial charge on any atom is -0.373 e. The van der Waals surface area contributed by atoms with Crippen molar-refractivity contribution in [2.75, 3.05) is 19.6 Å². The minimum absolute atomic E-state index is 0. The molecular formula is C15H24ClIN4O3S2. The topological polar surface area (TPSA) is 91.8 Å². The van der Waals surface area contributed by atoms with Gasteiger partial charge in [-0.3, -0.25) is 4.99 Å². The van der Waals surface area contributed by atoms with E-state index in [9.17, 15) is 8.42 Å². The highest BCUT2D eigenvalue weighted by molar-refractivity contribution is 14.0. The van der Waals surface area contributed by atoms with Crippen LogP contribution in [0.5, 0.6) is 0 Å². The third-order valence-electron chi connectivity index (χ3n) is 4.26. The smallest absolute Gasteiger partial charge is 0.250 e. The molecule has 0 aromatic carbocycles. The Hall–Kier alpha value is -0.140. The monoisotopic (exact) mass is 534 g/mol. The Labute approximate surface area is 180 Å². The zero-order valence-corrected chi connectivity index (χ0v) is 19.1. The molecule has 11 heteroatoms. The van der Waals surface area contributed by atoms with E-state index in [0.29, 0.717) is 22.9 Å². The quantitative estimate of drug-likeness (QED) is 0.216. The van der Waals surface area contributed by atoms with Crippen LogP contribution in [0.2, 0.25) is 4.34 Å². The second kappa shape index (κ2) is 9.87. The Morgan fingerprint density at radius 2 is 2.23 bits per heavy atom. The van der Waals surface area contributed by atoms with Gasteiger partial charge in [0, 0.05) is 13.1 Å². The molecule has 3 rings (SSSR count). The standard InChI is InChI=1S/C15H23ClN4O3S2.HI/c1-2-17-15(20-11-9-10-3-4-12(11)23-10)18-7-8-19-25(21,22)14-6-5-13(16)24-14;/h5-6,10-12,19H,2-4,7-9H2,1H3,(H2,17,18,20);1H. The summed E-state index contributed by atoms with van der Waals surface area (Å²) in [4.78, 5) is 4.45. The Balaban J connectivity index is 0.00000243. The number of hydrogen-bond acceptors (Lipinski definition) is 5. The summed E-state index contributed by atoms with van der Waals surface area (Å²) in [6.07, 6.45) is 3.86. The van der Waals surface area contributed by atoms with Crippen molar-refractivity contribution >= 4 is 62.9 Å². The number of rotatable bonds is 7. The van der Waals surface area contributed by atoms with E-state index in [1.165, 1.54) is 6.07 Å². The highest BCUT2D eigenvalue weighted by Gasteiger charge is 2.41. The van der Waals surface area contributed by atoms with Crippen LogP contribution in [0.15, 0.2) is 21.3 Å². The molecule has 3 N–H and O–H groups in total. The van der Waals surface area contributed by atoms with Crippen LogP contribution < -0.4 is 15.4 Å². The number of sulfonamides is 1. The molecule has 2 bridgehead atoms. The Kier molecular flexibility index (Phi) is 8.41. The summed E-state index contributed by atoms with van der Waals surface area (Å²) in [6, 6.07) is 3.35. The fourth-order valence-corrected chi connectivity index (χ4v) is 5.69. The zero-order valence-electron chi connectivity index (χ0n) is 14.4. The van der Waals surface area contributed by atoms with E-state index in [2.05, 4.69) is 20.3 Å². The zero-order chi connectivity index (χ0) is 17.9. The van der Waals surface area contributed by atoms with Gasteiger partial charge in [0.05, 0.1) is 29.1 Å². The number of halogens is 2. The van der Waals surface area contributed by atoms with Crippen molar-refractivity contribution in [2.45, 2.75) is 48.6 Å². The molecule has 0 saturated carbocycles. The van der Waals surface area contributed by atoms with E-state index < -0.39 is 10.0 Å².